The molecule has 21 heavy (non-hydrogen) atoms. The molecule has 0 aliphatic carbocycles. The Hall–Kier alpha value is -0.850. The van der Waals surface area contributed by atoms with Crippen LogP contribution in [-0.4, -0.2) is 12.5 Å². The lowest BCUT2D eigenvalue weighted by Crippen LogP contribution is -2.13. The number of halogens is 3. The van der Waals surface area contributed by atoms with E-state index in [0.29, 0.717) is 5.56 Å². The summed E-state index contributed by atoms with van der Waals surface area (Å²) >= 11 is 10.3. The van der Waals surface area contributed by atoms with Crippen LogP contribution in [0, 0.1) is 0 Å². The summed E-state index contributed by atoms with van der Waals surface area (Å²) in [6, 6.07) is 9.54. The van der Waals surface area contributed by atoms with Crippen LogP contribution >= 0.6 is 47.8 Å². The Balaban J connectivity index is 1.87. The lowest BCUT2D eigenvalue weighted by atomic mass is 10.1. The summed E-state index contributed by atoms with van der Waals surface area (Å²) < 4.78 is 2.57. The lowest BCUT2D eigenvalue weighted by Gasteiger charge is -2.11. The Labute approximate surface area is 147 Å². The molecule has 1 aliphatic heterocycles. The fourth-order valence-corrected chi connectivity index (χ4v) is 4.75. The first-order valence-electron chi connectivity index (χ1n) is 6.37. The van der Waals surface area contributed by atoms with E-state index in [9.17, 15) is 4.79 Å². The highest BCUT2D eigenvalue weighted by molar-refractivity contribution is 9.11. The molecule has 1 heterocycles. The van der Waals surface area contributed by atoms with Gasteiger partial charge in [0, 0.05) is 31.2 Å². The number of fused-ring (bicyclic) bond motifs is 1. The van der Waals surface area contributed by atoms with Gasteiger partial charge in [-0.05, 0) is 74.2 Å². The van der Waals surface area contributed by atoms with Gasteiger partial charge in [0.05, 0.1) is 5.69 Å². The quantitative estimate of drug-likeness (QED) is 0.628. The van der Waals surface area contributed by atoms with Gasteiger partial charge >= 0.3 is 0 Å². The predicted octanol–water partition coefficient (Wildman–Crippen LogP) is 5.19. The van der Waals surface area contributed by atoms with Gasteiger partial charge in [0.2, 0.25) is 0 Å². The molecular weight excluding hydrogens is 464 g/mol. The maximum absolute atomic E-state index is 12.4. The van der Waals surface area contributed by atoms with E-state index < -0.39 is 0 Å². The zero-order valence-electron chi connectivity index (χ0n) is 10.8. The molecule has 0 unspecified atom stereocenters. The van der Waals surface area contributed by atoms with Gasteiger partial charge in [-0.25, -0.2) is 0 Å². The van der Waals surface area contributed by atoms with Crippen LogP contribution in [-0.2, 0) is 6.42 Å². The molecule has 0 fully saturated rings. The SMILES string of the molecule is O=C(Nc1c(Br)cc(Br)cc1Br)c1ccc2c(c1)CCN2. The van der Waals surface area contributed by atoms with Gasteiger partial charge in [-0.3, -0.25) is 4.79 Å². The number of carbonyl (C=O) groups excluding carboxylic acids is 1. The van der Waals surface area contributed by atoms with Crippen LogP contribution < -0.4 is 10.6 Å². The highest BCUT2D eigenvalue weighted by Gasteiger charge is 2.15. The molecule has 0 saturated carbocycles. The summed E-state index contributed by atoms with van der Waals surface area (Å²) in [5.74, 6) is -0.117. The zero-order chi connectivity index (χ0) is 15.0. The Morgan fingerprint density at radius 3 is 2.52 bits per heavy atom. The van der Waals surface area contributed by atoms with E-state index in [2.05, 4.69) is 58.4 Å². The third kappa shape index (κ3) is 3.17. The van der Waals surface area contributed by atoms with E-state index in [1.165, 1.54) is 5.56 Å². The van der Waals surface area contributed by atoms with Gasteiger partial charge in [-0.2, -0.15) is 0 Å². The first-order valence-corrected chi connectivity index (χ1v) is 8.75. The average molecular weight is 475 g/mol. The number of amides is 1. The summed E-state index contributed by atoms with van der Waals surface area (Å²) in [6.45, 7) is 0.935. The maximum Gasteiger partial charge on any atom is 0.255 e. The monoisotopic (exact) mass is 472 g/mol. The molecule has 1 aliphatic rings. The molecule has 0 bridgehead atoms. The summed E-state index contributed by atoms with van der Waals surface area (Å²) in [6.07, 6.45) is 0.960. The Bertz CT molecular complexity index is 708. The van der Waals surface area contributed by atoms with E-state index in [0.717, 1.165) is 37.8 Å². The summed E-state index contributed by atoms with van der Waals surface area (Å²) in [5, 5.41) is 6.23. The van der Waals surface area contributed by atoms with Crippen molar-refractivity contribution >= 4 is 65.1 Å². The molecule has 0 radical (unpaired) electrons. The maximum atomic E-state index is 12.4. The van der Waals surface area contributed by atoms with Crippen molar-refractivity contribution in [1.82, 2.24) is 0 Å². The fraction of sp³-hybridized carbons (Fsp3) is 0.133. The van der Waals surface area contributed by atoms with Crippen molar-refractivity contribution in [2.75, 3.05) is 17.2 Å². The van der Waals surface area contributed by atoms with E-state index >= 15 is 0 Å². The number of carbonyl (C=O) groups is 1. The van der Waals surface area contributed by atoms with Crippen molar-refractivity contribution in [2.24, 2.45) is 0 Å². The second-order valence-electron chi connectivity index (χ2n) is 4.75. The molecule has 0 spiro atoms. The second kappa shape index (κ2) is 6.10. The predicted molar refractivity (Wildman–Crippen MR) is 96.1 cm³/mol. The van der Waals surface area contributed by atoms with Crippen molar-refractivity contribution in [2.45, 2.75) is 6.42 Å². The Morgan fingerprint density at radius 1 is 1.10 bits per heavy atom. The molecule has 0 saturated heterocycles. The molecule has 3 rings (SSSR count). The first kappa shape index (κ1) is 15.1. The third-order valence-electron chi connectivity index (χ3n) is 3.32. The minimum atomic E-state index is -0.117. The number of benzene rings is 2. The molecule has 1 amide bonds. The van der Waals surface area contributed by atoms with Crippen LogP contribution in [0.5, 0.6) is 0 Å². The molecule has 0 aromatic heterocycles. The van der Waals surface area contributed by atoms with Crippen molar-refractivity contribution in [3.63, 3.8) is 0 Å². The van der Waals surface area contributed by atoms with E-state index in [1.807, 2.05) is 30.3 Å². The zero-order valence-corrected chi connectivity index (χ0v) is 15.6. The minimum Gasteiger partial charge on any atom is -0.384 e. The van der Waals surface area contributed by atoms with Crippen molar-refractivity contribution in [3.05, 3.63) is 54.9 Å². The smallest absolute Gasteiger partial charge is 0.255 e. The average Bonchev–Trinajstić information content (AvgIpc) is 2.89. The number of rotatable bonds is 2. The lowest BCUT2D eigenvalue weighted by molar-refractivity contribution is 0.102. The Kier molecular flexibility index (Phi) is 4.38. The molecule has 108 valence electrons. The third-order valence-corrected chi connectivity index (χ3v) is 5.03. The van der Waals surface area contributed by atoms with Crippen LogP contribution in [0.25, 0.3) is 0 Å². The topological polar surface area (TPSA) is 41.1 Å². The van der Waals surface area contributed by atoms with Crippen LogP contribution in [0.15, 0.2) is 43.7 Å². The standard InChI is InChI=1S/C15H11Br3N2O/c16-10-6-11(17)14(12(18)7-10)20-15(21)9-1-2-13-8(5-9)3-4-19-13/h1-2,5-7,19H,3-4H2,(H,20,21). The molecule has 0 atom stereocenters. The van der Waals surface area contributed by atoms with Crippen LogP contribution in [0.2, 0.25) is 0 Å². The fourth-order valence-electron chi connectivity index (χ4n) is 2.29. The number of nitrogens with one attached hydrogen (secondary N) is 2. The van der Waals surface area contributed by atoms with E-state index in [4.69, 9.17) is 0 Å². The number of hydrogen-bond acceptors (Lipinski definition) is 2. The minimum absolute atomic E-state index is 0.117. The van der Waals surface area contributed by atoms with Gasteiger partial charge in [0.15, 0.2) is 0 Å². The van der Waals surface area contributed by atoms with Gasteiger partial charge < -0.3 is 10.6 Å². The van der Waals surface area contributed by atoms with Crippen molar-refractivity contribution in [3.8, 4) is 0 Å². The van der Waals surface area contributed by atoms with Crippen LogP contribution in [0.3, 0.4) is 0 Å². The van der Waals surface area contributed by atoms with Crippen LogP contribution in [0.4, 0.5) is 11.4 Å². The van der Waals surface area contributed by atoms with Gasteiger partial charge in [-0.15, -0.1) is 0 Å². The number of hydrogen-bond donors (Lipinski definition) is 2. The summed E-state index contributed by atoms with van der Waals surface area (Å²) in [7, 11) is 0. The number of anilines is 2. The highest BCUT2D eigenvalue weighted by atomic mass is 79.9. The molecule has 6 heteroatoms. The van der Waals surface area contributed by atoms with E-state index in [-0.39, 0.29) is 5.91 Å². The first-order chi connectivity index (χ1) is 10.0. The molecule has 2 N–H and O–H groups in total. The van der Waals surface area contributed by atoms with Gasteiger partial charge in [-0.1, -0.05) is 15.9 Å². The van der Waals surface area contributed by atoms with E-state index in [1.54, 1.807) is 0 Å². The molecule has 2 aromatic rings. The molecule has 3 nitrogen and oxygen atoms in total. The largest absolute Gasteiger partial charge is 0.384 e. The Morgan fingerprint density at radius 2 is 1.81 bits per heavy atom. The summed E-state index contributed by atoms with van der Waals surface area (Å²) in [4.78, 5) is 12.4. The highest BCUT2D eigenvalue weighted by Crippen LogP contribution is 2.34. The van der Waals surface area contributed by atoms with Crippen molar-refractivity contribution in [1.29, 1.82) is 0 Å². The second-order valence-corrected chi connectivity index (χ2v) is 7.37. The summed E-state index contributed by atoms with van der Waals surface area (Å²) in [5.41, 5.74) is 3.70. The molecule has 2 aromatic carbocycles. The van der Waals surface area contributed by atoms with Gasteiger partial charge in [0.25, 0.3) is 5.91 Å². The van der Waals surface area contributed by atoms with Gasteiger partial charge in [0.1, 0.15) is 0 Å². The normalized spacial score (nSPS) is 12.7. The van der Waals surface area contributed by atoms with Crippen molar-refractivity contribution < 1.29 is 4.79 Å². The molecular formula is C15H11Br3N2O. The van der Waals surface area contributed by atoms with Crippen LogP contribution in [0.1, 0.15) is 15.9 Å².